The number of phenolic OH excluding ortho intramolecular Hbond substituents is 1. The highest BCUT2D eigenvalue weighted by atomic mass is 16.3. The first-order chi connectivity index (χ1) is 10.1. The van der Waals surface area contributed by atoms with E-state index in [4.69, 9.17) is 0 Å². The van der Waals surface area contributed by atoms with Crippen LogP contribution in [-0.2, 0) is 6.54 Å². The second kappa shape index (κ2) is 7.25. The molecule has 0 aliphatic rings. The average Bonchev–Trinajstić information content (AvgIpc) is 2.49. The Bertz CT molecular complexity index is 564. The third kappa shape index (κ3) is 4.31. The van der Waals surface area contributed by atoms with Crippen LogP contribution < -0.4 is 5.32 Å². The van der Waals surface area contributed by atoms with Crippen molar-refractivity contribution in [3.63, 3.8) is 0 Å². The maximum atomic E-state index is 10.2. The van der Waals surface area contributed by atoms with Gasteiger partial charge < -0.3 is 15.5 Å². The van der Waals surface area contributed by atoms with E-state index in [0.29, 0.717) is 19.0 Å². The molecule has 2 aromatic rings. The Kier molecular flexibility index (Phi) is 5.37. The summed E-state index contributed by atoms with van der Waals surface area (Å²) in [5.74, 6) is 0.774. The Balaban J connectivity index is 1.87. The van der Waals surface area contributed by atoms with Gasteiger partial charge in [0.25, 0.3) is 0 Å². The lowest BCUT2D eigenvalue weighted by Crippen LogP contribution is -2.21. The summed E-state index contributed by atoms with van der Waals surface area (Å²) >= 11 is 0. The molecule has 0 saturated carbocycles. The minimum absolute atomic E-state index is 0.278. The molecule has 0 bridgehead atoms. The topological polar surface area (TPSA) is 52.5 Å². The van der Waals surface area contributed by atoms with Gasteiger partial charge in [0, 0.05) is 18.7 Å². The SMILES string of the molecule is CC(C)c1ccc(C(O)CNCc2ccccc2O)cc1. The molecule has 21 heavy (non-hydrogen) atoms. The maximum Gasteiger partial charge on any atom is 0.120 e. The molecule has 0 heterocycles. The molecule has 3 heteroatoms. The zero-order valence-corrected chi connectivity index (χ0v) is 12.6. The van der Waals surface area contributed by atoms with Gasteiger partial charge in [-0.3, -0.25) is 0 Å². The van der Waals surface area contributed by atoms with Gasteiger partial charge in [-0.25, -0.2) is 0 Å². The highest BCUT2D eigenvalue weighted by Gasteiger charge is 2.08. The highest BCUT2D eigenvalue weighted by Crippen LogP contribution is 2.19. The number of rotatable bonds is 6. The molecule has 1 unspecified atom stereocenters. The summed E-state index contributed by atoms with van der Waals surface area (Å²) in [6.07, 6.45) is -0.544. The van der Waals surface area contributed by atoms with Crippen LogP contribution in [0.25, 0.3) is 0 Å². The van der Waals surface area contributed by atoms with Crippen molar-refractivity contribution in [2.24, 2.45) is 0 Å². The molecule has 2 aromatic carbocycles. The normalized spacial score (nSPS) is 12.6. The van der Waals surface area contributed by atoms with Crippen LogP contribution in [0.3, 0.4) is 0 Å². The average molecular weight is 285 g/mol. The molecule has 112 valence electrons. The zero-order chi connectivity index (χ0) is 15.2. The van der Waals surface area contributed by atoms with Crippen molar-refractivity contribution in [2.45, 2.75) is 32.4 Å². The number of hydrogen-bond acceptors (Lipinski definition) is 3. The quantitative estimate of drug-likeness (QED) is 0.763. The molecule has 0 aliphatic carbocycles. The van der Waals surface area contributed by atoms with Gasteiger partial charge in [-0.1, -0.05) is 56.3 Å². The number of phenols is 1. The van der Waals surface area contributed by atoms with E-state index in [2.05, 4.69) is 31.3 Å². The van der Waals surface area contributed by atoms with E-state index in [9.17, 15) is 10.2 Å². The van der Waals surface area contributed by atoms with Crippen LogP contribution >= 0.6 is 0 Å². The summed E-state index contributed by atoms with van der Waals surface area (Å²) in [7, 11) is 0. The highest BCUT2D eigenvalue weighted by molar-refractivity contribution is 5.31. The van der Waals surface area contributed by atoms with Gasteiger partial charge in [0.15, 0.2) is 0 Å². The molecule has 2 rings (SSSR count). The summed E-state index contributed by atoms with van der Waals surface area (Å²) in [4.78, 5) is 0. The zero-order valence-electron chi connectivity index (χ0n) is 12.6. The van der Waals surface area contributed by atoms with Crippen LogP contribution in [-0.4, -0.2) is 16.8 Å². The van der Waals surface area contributed by atoms with E-state index in [0.717, 1.165) is 11.1 Å². The third-order valence-electron chi connectivity index (χ3n) is 3.63. The Morgan fingerprint density at radius 2 is 1.57 bits per heavy atom. The van der Waals surface area contributed by atoms with Gasteiger partial charge in [0.05, 0.1) is 6.10 Å². The largest absolute Gasteiger partial charge is 0.508 e. The molecule has 0 aromatic heterocycles. The summed E-state index contributed by atoms with van der Waals surface area (Å²) < 4.78 is 0. The smallest absolute Gasteiger partial charge is 0.120 e. The molecule has 0 fully saturated rings. The fraction of sp³-hybridized carbons (Fsp3) is 0.333. The summed E-state index contributed by atoms with van der Waals surface area (Å²) in [6.45, 7) is 5.29. The molecular weight excluding hydrogens is 262 g/mol. The van der Waals surface area contributed by atoms with Crippen molar-refractivity contribution in [2.75, 3.05) is 6.54 Å². The van der Waals surface area contributed by atoms with Gasteiger partial charge in [0.2, 0.25) is 0 Å². The predicted octanol–water partition coefficient (Wildman–Crippen LogP) is 3.34. The van der Waals surface area contributed by atoms with E-state index >= 15 is 0 Å². The Morgan fingerprint density at radius 1 is 0.952 bits per heavy atom. The summed E-state index contributed by atoms with van der Waals surface area (Å²) in [5.41, 5.74) is 3.01. The Morgan fingerprint density at radius 3 is 2.19 bits per heavy atom. The standard InChI is InChI=1S/C18H23NO2/c1-13(2)14-7-9-15(10-8-14)18(21)12-19-11-16-5-3-4-6-17(16)20/h3-10,13,18-21H,11-12H2,1-2H3. The van der Waals surface area contributed by atoms with Crippen LogP contribution in [0.5, 0.6) is 5.75 Å². The van der Waals surface area contributed by atoms with Crippen LogP contribution in [0.15, 0.2) is 48.5 Å². The summed E-state index contributed by atoms with van der Waals surface area (Å²) in [5, 5.41) is 23.0. The minimum Gasteiger partial charge on any atom is -0.508 e. The molecule has 0 saturated heterocycles. The van der Waals surface area contributed by atoms with Crippen molar-refractivity contribution >= 4 is 0 Å². The number of aromatic hydroxyl groups is 1. The van der Waals surface area contributed by atoms with Crippen molar-refractivity contribution < 1.29 is 10.2 Å². The van der Waals surface area contributed by atoms with Gasteiger partial charge in [-0.05, 0) is 23.1 Å². The van der Waals surface area contributed by atoms with E-state index in [1.165, 1.54) is 5.56 Å². The number of aliphatic hydroxyl groups excluding tert-OH is 1. The number of nitrogens with one attached hydrogen (secondary N) is 1. The first-order valence-corrected chi connectivity index (χ1v) is 7.33. The third-order valence-corrected chi connectivity index (χ3v) is 3.63. The van der Waals surface area contributed by atoms with Gasteiger partial charge in [0.1, 0.15) is 5.75 Å². The monoisotopic (exact) mass is 285 g/mol. The molecule has 0 aliphatic heterocycles. The number of para-hydroxylation sites is 1. The first-order valence-electron chi connectivity index (χ1n) is 7.33. The fourth-order valence-electron chi connectivity index (χ4n) is 2.22. The molecule has 0 radical (unpaired) electrons. The molecule has 0 spiro atoms. The van der Waals surface area contributed by atoms with Crippen LogP contribution in [0.1, 0.15) is 42.6 Å². The van der Waals surface area contributed by atoms with Crippen LogP contribution in [0.4, 0.5) is 0 Å². The predicted molar refractivity (Wildman–Crippen MR) is 85.3 cm³/mol. The van der Waals surface area contributed by atoms with Gasteiger partial charge >= 0.3 is 0 Å². The second-order valence-corrected chi connectivity index (χ2v) is 5.60. The molecule has 3 nitrogen and oxygen atoms in total. The lowest BCUT2D eigenvalue weighted by Gasteiger charge is -2.14. The Hall–Kier alpha value is -1.84. The van der Waals surface area contributed by atoms with Gasteiger partial charge in [-0.15, -0.1) is 0 Å². The maximum absolute atomic E-state index is 10.2. The van der Waals surface area contributed by atoms with E-state index in [1.807, 2.05) is 24.3 Å². The molecule has 0 amide bonds. The van der Waals surface area contributed by atoms with E-state index in [1.54, 1.807) is 12.1 Å². The number of hydrogen-bond donors (Lipinski definition) is 3. The second-order valence-electron chi connectivity index (χ2n) is 5.60. The van der Waals surface area contributed by atoms with Crippen LogP contribution in [0.2, 0.25) is 0 Å². The Labute approximate surface area is 126 Å². The molecular formula is C18H23NO2. The number of benzene rings is 2. The van der Waals surface area contributed by atoms with E-state index in [-0.39, 0.29) is 5.75 Å². The van der Waals surface area contributed by atoms with E-state index < -0.39 is 6.10 Å². The van der Waals surface area contributed by atoms with Gasteiger partial charge in [-0.2, -0.15) is 0 Å². The van der Waals surface area contributed by atoms with Crippen molar-refractivity contribution in [3.05, 3.63) is 65.2 Å². The van der Waals surface area contributed by atoms with Crippen molar-refractivity contribution in [3.8, 4) is 5.75 Å². The minimum atomic E-state index is -0.544. The first kappa shape index (κ1) is 15.5. The molecule has 1 atom stereocenters. The lowest BCUT2D eigenvalue weighted by molar-refractivity contribution is 0.174. The lowest BCUT2D eigenvalue weighted by atomic mass is 10.00. The van der Waals surface area contributed by atoms with Crippen molar-refractivity contribution in [1.29, 1.82) is 0 Å². The van der Waals surface area contributed by atoms with Crippen LogP contribution in [0, 0.1) is 0 Å². The van der Waals surface area contributed by atoms with Crippen molar-refractivity contribution in [1.82, 2.24) is 5.32 Å². The summed E-state index contributed by atoms with van der Waals surface area (Å²) in [6, 6.07) is 15.3. The number of aliphatic hydroxyl groups is 1. The fourth-order valence-corrected chi connectivity index (χ4v) is 2.22. The molecule has 3 N–H and O–H groups in total.